The molecule has 110 valence electrons. The maximum atomic E-state index is 5.16. The highest BCUT2D eigenvalue weighted by Gasteiger charge is 2.03. The Bertz CT molecular complexity index is 752. The Kier molecular flexibility index (Phi) is 4.01. The van der Waals surface area contributed by atoms with Crippen LogP contribution in [0.15, 0.2) is 60.9 Å². The van der Waals surface area contributed by atoms with Crippen molar-refractivity contribution in [2.75, 3.05) is 12.4 Å². The van der Waals surface area contributed by atoms with Crippen LogP contribution < -0.4 is 10.1 Å². The highest BCUT2D eigenvalue weighted by atomic mass is 16.5. The molecule has 0 aliphatic heterocycles. The number of nitrogens with one attached hydrogen (secondary N) is 1. The zero-order chi connectivity index (χ0) is 15.4. The molecule has 0 saturated heterocycles. The summed E-state index contributed by atoms with van der Waals surface area (Å²) in [5.41, 5.74) is 4.20. The maximum absolute atomic E-state index is 5.16. The van der Waals surface area contributed by atoms with Crippen LogP contribution in [0.25, 0.3) is 11.1 Å². The van der Waals surface area contributed by atoms with E-state index in [9.17, 15) is 0 Å². The van der Waals surface area contributed by atoms with Crippen LogP contribution in [0.4, 0.5) is 11.6 Å². The summed E-state index contributed by atoms with van der Waals surface area (Å²) in [7, 11) is 1.66. The van der Waals surface area contributed by atoms with Gasteiger partial charge in [-0.1, -0.05) is 30.3 Å². The Balaban J connectivity index is 1.79. The lowest BCUT2D eigenvalue weighted by atomic mass is 10.1. The van der Waals surface area contributed by atoms with Crippen LogP contribution in [0.5, 0.6) is 5.75 Å². The minimum Gasteiger partial charge on any atom is -0.497 e. The van der Waals surface area contributed by atoms with Gasteiger partial charge in [0.25, 0.3) is 0 Å². The van der Waals surface area contributed by atoms with Gasteiger partial charge in [0.05, 0.1) is 7.11 Å². The fraction of sp³-hybridized carbons (Fsp3) is 0.111. The van der Waals surface area contributed by atoms with E-state index < -0.39 is 0 Å². The van der Waals surface area contributed by atoms with E-state index in [0.29, 0.717) is 5.95 Å². The van der Waals surface area contributed by atoms with Crippen LogP contribution in [-0.2, 0) is 0 Å². The van der Waals surface area contributed by atoms with Crippen molar-refractivity contribution in [1.29, 1.82) is 0 Å². The van der Waals surface area contributed by atoms with E-state index in [1.54, 1.807) is 7.11 Å². The van der Waals surface area contributed by atoms with Crippen LogP contribution in [0, 0.1) is 6.92 Å². The zero-order valence-corrected chi connectivity index (χ0v) is 12.6. The van der Waals surface area contributed by atoms with Crippen molar-refractivity contribution < 1.29 is 4.74 Å². The Morgan fingerprint density at radius 2 is 1.55 bits per heavy atom. The fourth-order valence-corrected chi connectivity index (χ4v) is 2.16. The second kappa shape index (κ2) is 6.26. The summed E-state index contributed by atoms with van der Waals surface area (Å²) in [6.45, 7) is 2.05. The van der Waals surface area contributed by atoms with Crippen LogP contribution in [0.2, 0.25) is 0 Å². The summed E-state index contributed by atoms with van der Waals surface area (Å²) in [5.74, 6) is 1.43. The summed E-state index contributed by atoms with van der Waals surface area (Å²) in [5, 5.41) is 3.23. The van der Waals surface area contributed by atoms with E-state index in [4.69, 9.17) is 4.74 Å². The number of nitrogens with zero attached hydrogens (tertiary/aromatic N) is 2. The van der Waals surface area contributed by atoms with Crippen LogP contribution in [0.3, 0.4) is 0 Å². The molecule has 2 aromatic carbocycles. The van der Waals surface area contributed by atoms with Crippen LogP contribution in [-0.4, -0.2) is 17.1 Å². The number of anilines is 2. The third-order valence-electron chi connectivity index (χ3n) is 3.47. The Morgan fingerprint density at radius 3 is 2.18 bits per heavy atom. The Labute approximate surface area is 129 Å². The third kappa shape index (κ3) is 3.06. The van der Waals surface area contributed by atoms with E-state index in [2.05, 4.69) is 15.3 Å². The van der Waals surface area contributed by atoms with Crippen LogP contribution >= 0.6 is 0 Å². The predicted molar refractivity (Wildman–Crippen MR) is 88.5 cm³/mol. The number of aromatic nitrogens is 2. The largest absolute Gasteiger partial charge is 0.497 e. The fourth-order valence-electron chi connectivity index (χ4n) is 2.16. The van der Waals surface area contributed by atoms with Gasteiger partial charge in [0, 0.05) is 23.6 Å². The highest BCUT2D eigenvalue weighted by Crippen LogP contribution is 2.22. The summed E-state index contributed by atoms with van der Waals surface area (Å²) in [4.78, 5) is 8.76. The van der Waals surface area contributed by atoms with E-state index in [1.807, 2.05) is 67.8 Å². The molecule has 1 N–H and O–H groups in total. The first kappa shape index (κ1) is 14.1. The van der Waals surface area contributed by atoms with Crippen molar-refractivity contribution in [3.8, 4) is 16.9 Å². The number of benzene rings is 2. The quantitative estimate of drug-likeness (QED) is 0.782. The molecule has 0 aliphatic carbocycles. The molecule has 0 aliphatic rings. The smallest absolute Gasteiger partial charge is 0.227 e. The van der Waals surface area contributed by atoms with E-state index in [1.165, 1.54) is 0 Å². The first-order valence-electron chi connectivity index (χ1n) is 7.05. The monoisotopic (exact) mass is 291 g/mol. The molecule has 0 saturated carbocycles. The number of methoxy groups -OCH3 is 1. The summed E-state index contributed by atoms with van der Waals surface area (Å²) in [6.07, 6.45) is 3.63. The predicted octanol–water partition coefficient (Wildman–Crippen LogP) is 4.20. The van der Waals surface area contributed by atoms with Gasteiger partial charge in [-0.3, -0.25) is 0 Å². The molecular weight excluding hydrogens is 274 g/mol. The number of hydrogen-bond donors (Lipinski definition) is 1. The molecule has 1 aromatic heterocycles. The second-order valence-corrected chi connectivity index (χ2v) is 4.96. The SMILES string of the molecule is COc1ccc(-c2cnc(Nc3ccccc3C)nc2)cc1. The molecule has 0 bridgehead atoms. The molecule has 4 heteroatoms. The van der Waals surface area contributed by atoms with Gasteiger partial charge >= 0.3 is 0 Å². The lowest BCUT2D eigenvalue weighted by Crippen LogP contribution is -1.98. The van der Waals surface area contributed by atoms with E-state index >= 15 is 0 Å². The molecule has 0 atom stereocenters. The van der Waals surface area contributed by atoms with Gasteiger partial charge in [-0.25, -0.2) is 9.97 Å². The van der Waals surface area contributed by atoms with Crippen molar-refractivity contribution >= 4 is 11.6 Å². The van der Waals surface area contributed by atoms with Crippen molar-refractivity contribution in [3.05, 3.63) is 66.5 Å². The number of para-hydroxylation sites is 1. The topological polar surface area (TPSA) is 47.0 Å². The highest BCUT2D eigenvalue weighted by molar-refractivity contribution is 5.64. The van der Waals surface area contributed by atoms with Gasteiger partial charge in [-0.05, 0) is 36.2 Å². The molecule has 0 spiro atoms. The molecule has 3 aromatic rings. The molecule has 0 amide bonds. The van der Waals surface area contributed by atoms with Gasteiger partial charge in [0.1, 0.15) is 5.75 Å². The molecule has 22 heavy (non-hydrogen) atoms. The van der Waals surface area contributed by atoms with Crippen molar-refractivity contribution in [2.24, 2.45) is 0 Å². The van der Waals surface area contributed by atoms with Crippen molar-refractivity contribution in [3.63, 3.8) is 0 Å². The van der Waals surface area contributed by atoms with Gasteiger partial charge in [0.2, 0.25) is 5.95 Å². The molecule has 0 radical (unpaired) electrons. The van der Waals surface area contributed by atoms with Gasteiger partial charge in [-0.2, -0.15) is 0 Å². The van der Waals surface area contributed by atoms with Gasteiger partial charge < -0.3 is 10.1 Å². The Hall–Kier alpha value is -2.88. The molecule has 4 nitrogen and oxygen atoms in total. The number of rotatable bonds is 4. The summed E-state index contributed by atoms with van der Waals surface area (Å²) in [6, 6.07) is 15.9. The van der Waals surface area contributed by atoms with Gasteiger partial charge in [-0.15, -0.1) is 0 Å². The molecule has 0 unspecified atom stereocenters. The van der Waals surface area contributed by atoms with Crippen molar-refractivity contribution in [1.82, 2.24) is 9.97 Å². The summed E-state index contributed by atoms with van der Waals surface area (Å²) < 4.78 is 5.16. The normalized spacial score (nSPS) is 10.3. The van der Waals surface area contributed by atoms with E-state index in [0.717, 1.165) is 28.1 Å². The first-order chi connectivity index (χ1) is 10.8. The minimum atomic E-state index is 0.589. The molecule has 3 rings (SSSR count). The number of aryl methyl sites for hydroxylation is 1. The number of ether oxygens (including phenoxy) is 1. The minimum absolute atomic E-state index is 0.589. The lowest BCUT2D eigenvalue weighted by Gasteiger charge is -2.08. The average Bonchev–Trinajstić information content (AvgIpc) is 2.58. The zero-order valence-electron chi connectivity index (χ0n) is 12.6. The molecular formula is C18H17N3O. The molecule has 0 fully saturated rings. The first-order valence-corrected chi connectivity index (χ1v) is 7.05. The van der Waals surface area contributed by atoms with Crippen molar-refractivity contribution in [2.45, 2.75) is 6.92 Å². The Morgan fingerprint density at radius 1 is 0.864 bits per heavy atom. The standard InChI is InChI=1S/C18H17N3O/c1-13-5-3-4-6-17(13)21-18-19-11-15(12-20-18)14-7-9-16(22-2)10-8-14/h3-12H,1-2H3,(H,19,20,21). The average molecular weight is 291 g/mol. The number of hydrogen-bond acceptors (Lipinski definition) is 4. The van der Waals surface area contributed by atoms with Gasteiger partial charge in [0.15, 0.2) is 0 Å². The van der Waals surface area contributed by atoms with Crippen LogP contribution in [0.1, 0.15) is 5.56 Å². The second-order valence-electron chi connectivity index (χ2n) is 4.96. The van der Waals surface area contributed by atoms with E-state index in [-0.39, 0.29) is 0 Å². The third-order valence-corrected chi connectivity index (χ3v) is 3.47. The summed E-state index contributed by atoms with van der Waals surface area (Å²) >= 11 is 0. The molecule has 1 heterocycles. The maximum Gasteiger partial charge on any atom is 0.227 e. The lowest BCUT2D eigenvalue weighted by molar-refractivity contribution is 0.415.